The monoisotopic (exact) mass is 990 g/mol. The summed E-state index contributed by atoms with van der Waals surface area (Å²) < 4.78 is 68.0. The van der Waals surface area contributed by atoms with E-state index in [1.54, 1.807) is 73.7 Å². The molecular weight excluding hydrogens is 953 g/mol. The van der Waals surface area contributed by atoms with E-state index < -0.39 is 36.0 Å². The molecule has 5 N–H and O–H groups in total. The quantitative estimate of drug-likeness (QED) is 0.0537. The van der Waals surface area contributed by atoms with Gasteiger partial charge in [0.25, 0.3) is 20.2 Å². The van der Waals surface area contributed by atoms with Crippen molar-refractivity contribution in [3.63, 3.8) is 0 Å². The van der Waals surface area contributed by atoms with E-state index in [2.05, 4.69) is 51.1 Å². The molecule has 22 heteroatoms. The third-order valence-corrected chi connectivity index (χ3v) is 12.7. The number of azo groups is 5. The Morgan fingerprint density at radius 1 is 0.408 bits per heavy atom. The van der Waals surface area contributed by atoms with Crippen molar-refractivity contribution in [2.75, 3.05) is 0 Å². The van der Waals surface area contributed by atoms with Gasteiger partial charge in [-0.15, -0.1) is 10.2 Å². The summed E-state index contributed by atoms with van der Waals surface area (Å²) in [6, 6.07) is 32.1. The lowest BCUT2D eigenvalue weighted by atomic mass is 10.1. The lowest BCUT2D eigenvalue weighted by Gasteiger charge is -2.08. The highest BCUT2D eigenvalue weighted by molar-refractivity contribution is 7.86. The molecule has 0 aromatic heterocycles. The Bertz CT molecular complexity index is 3900. The number of phenols is 2. The van der Waals surface area contributed by atoms with E-state index in [1.165, 1.54) is 30.3 Å². The second kappa shape index (κ2) is 19.6. The molecular formula is C49H38N10O10S2. The molecule has 0 amide bonds. The number of benzene rings is 8. The first-order chi connectivity index (χ1) is 33.7. The zero-order valence-corrected chi connectivity index (χ0v) is 39.3. The van der Waals surface area contributed by atoms with Crippen molar-refractivity contribution in [2.24, 2.45) is 51.1 Å². The van der Waals surface area contributed by atoms with Gasteiger partial charge in [0.05, 0.1) is 45.5 Å². The topological polar surface area (TPSA) is 310 Å². The highest BCUT2D eigenvalue weighted by Gasteiger charge is 2.21. The minimum absolute atomic E-state index is 0.0217. The number of aromatic hydroxyl groups is 2. The molecule has 20 nitrogen and oxygen atoms in total. The van der Waals surface area contributed by atoms with Gasteiger partial charge in [-0.1, -0.05) is 18.2 Å². The molecule has 0 heterocycles. The fourth-order valence-corrected chi connectivity index (χ4v) is 8.49. The highest BCUT2D eigenvalue weighted by Crippen LogP contribution is 2.40. The second-order valence-electron chi connectivity index (χ2n) is 16.0. The first-order valence-electron chi connectivity index (χ1n) is 21.0. The number of phenolic OH excluding ortho intramolecular Hbond substituents is 1. The largest absolute Gasteiger partial charge is 0.507 e. The van der Waals surface area contributed by atoms with Crippen LogP contribution in [-0.2, 0) is 20.2 Å². The minimum atomic E-state index is -4.81. The van der Waals surface area contributed by atoms with Crippen LogP contribution in [0.1, 0.15) is 32.6 Å². The lowest BCUT2D eigenvalue weighted by Crippen LogP contribution is -2.01. The van der Waals surface area contributed by atoms with Gasteiger partial charge in [-0.3, -0.25) is 9.11 Å². The summed E-state index contributed by atoms with van der Waals surface area (Å²) in [5, 5.41) is 74.1. The summed E-state index contributed by atoms with van der Waals surface area (Å²) in [5.74, 6) is -1.76. The summed E-state index contributed by atoms with van der Waals surface area (Å²) >= 11 is 0. The van der Waals surface area contributed by atoms with E-state index in [0.29, 0.717) is 56.1 Å². The minimum Gasteiger partial charge on any atom is -0.507 e. The van der Waals surface area contributed by atoms with Gasteiger partial charge in [-0.25, -0.2) is 4.79 Å². The predicted octanol–water partition coefficient (Wildman–Crippen LogP) is 14.9. The van der Waals surface area contributed by atoms with Crippen molar-refractivity contribution < 1.29 is 46.1 Å². The highest BCUT2D eigenvalue weighted by atomic mass is 32.2. The van der Waals surface area contributed by atoms with E-state index in [-0.39, 0.29) is 44.9 Å². The molecule has 0 spiro atoms. The number of carboxylic acids is 1. The van der Waals surface area contributed by atoms with E-state index >= 15 is 0 Å². The van der Waals surface area contributed by atoms with Crippen LogP contribution in [0.15, 0.2) is 188 Å². The predicted molar refractivity (Wildman–Crippen MR) is 263 cm³/mol. The summed E-state index contributed by atoms with van der Waals surface area (Å²) in [6.07, 6.45) is 0. The molecule has 0 aliphatic heterocycles. The fourth-order valence-electron chi connectivity index (χ4n) is 7.15. The number of rotatable bonds is 13. The Morgan fingerprint density at radius 2 is 0.859 bits per heavy atom. The summed E-state index contributed by atoms with van der Waals surface area (Å²) in [5.41, 5.74) is 6.28. The van der Waals surface area contributed by atoms with Crippen molar-refractivity contribution in [1.82, 2.24) is 0 Å². The third-order valence-electron chi connectivity index (χ3n) is 10.9. The zero-order valence-electron chi connectivity index (χ0n) is 37.7. The number of carbonyl (C=O) groups is 1. The number of nitrogens with zero attached hydrogens (tertiary/aromatic N) is 10. The van der Waals surface area contributed by atoms with Gasteiger partial charge in [0, 0.05) is 10.8 Å². The van der Waals surface area contributed by atoms with Crippen LogP contribution in [0.2, 0.25) is 0 Å². The van der Waals surface area contributed by atoms with Crippen LogP contribution in [0, 0.1) is 27.7 Å². The molecule has 71 heavy (non-hydrogen) atoms. The van der Waals surface area contributed by atoms with E-state index in [9.17, 15) is 46.1 Å². The summed E-state index contributed by atoms with van der Waals surface area (Å²) in [7, 11) is -9.49. The van der Waals surface area contributed by atoms with Gasteiger partial charge in [-0.05, 0) is 170 Å². The Labute approximate surface area is 404 Å². The van der Waals surface area contributed by atoms with Crippen molar-refractivity contribution in [3.05, 3.63) is 155 Å². The summed E-state index contributed by atoms with van der Waals surface area (Å²) in [6.45, 7) is 7.29. The van der Waals surface area contributed by atoms with Crippen LogP contribution in [0.5, 0.6) is 11.5 Å². The van der Waals surface area contributed by atoms with Crippen molar-refractivity contribution in [2.45, 2.75) is 37.5 Å². The Morgan fingerprint density at radius 3 is 1.45 bits per heavy atom. The molecule has 8 aromatic rings. The van der Waals surface area contributed by atoms with Gasteiger partial charge in [0.15, 0.2) is 5.75 Å². The summed E-state index contributed by atoms with van der Waals surface area (Å²) in [4.78, 5) is 10.3. The first-order valence-corrected chi connectivity index (χ1v) is 23.8. The van der Waals surface area contributed by atoms with Gasteiger partial charge in [-0.2, -0.15) is 57.7 Å². The molecule has 356 valence electrons. The fraction of sp³-hybridized carbons (Fsp3) is 0.0816. The molecule has 0 fully saturated rings. The van der Waals surface area contributed by atoms with Crippen LogP contribution >= 0.6 is 0 Å². The number of fused-ring (bicyclic) bond motifs is 2. The van der Waals surface area contributed by atoms with Crippen LogP contribution in [0.25, 0.3) is 21.5 Å². The molecule has 8 rings (SSSR count). The maximum atomic E-state index is 12.2. The zero-order chi connectivity index (χ0) is 50.8. The first kappa shape index (κ1) is 48.6. The van der Waals surface area contributed by atoms with Gasteiger partial charge in [0.2, 0.25) is 0 Å². The molecule has 0 unspecified atom stereocenters. The van der Waals surface area contributed by atoms with Gasteiger partial charge < -0.3 is 15.3 Å². The van der Waals surface area contributed by atoms with Crippen molar-refractivity contribution >= 4 is 105 Å². The molecule has 0 aliphatic carbocycles. The number of hydrogen-bond donors (Lipinski definition) is 5. The SMILES string of the molecule is Cc1cc(N=Nc2cc(C)c(N=Nc3ccc4cc(N=Nc5ccc(O)c(C(=O)O)c5)ccc4c3O)cc2C)ccc1N=Nc1ccc(N=Nc2cc3c(S(=O)(=O)O)cccc3cc2S(=O)(=O)O)c(C)c1. The average Bonchev–Trinajstić information content (AvgIpc) is 3.32. The maximum Gasteiger partial charge on any atom is 0.339 e. The molecule has 8 aromatic carbocycles. The second-order valence-corrected chi connectivity index (χ2v) is 18.7. The number of aromatic carboxylic acids is 1. The molecule has 0 radical (unpaired) electrons. The Balaban J connectivity index is 0.923. The molecule has 0 bridgehead atoms. The number of carboxylic acid groups (broad SMARTS) is 1. The molecule has 0 saturated carbocycles. The smallest absolute Gasteiger partial charge is 0.339 e. The lowest BCUT2D eigenvalue weighted by molar-refractivity contribution is 0.0693. The van der Waals surface area contributed by atoms with Crippen LogP contribution < -0.4 is 0 Å². The Kier molecular flexibility index (Phi) is 13.5. The normalized spacial score (nSPS) is 12.5. The maximum absolute atomic E-state index is 12.2. The van der Waals surface area contributed by atoms with E-state index in [1.807, 2.05) is 32.9 Å². The van der Waals surface area contributed by atoms with Crippen LogP contribution in [-0.4, -0.2) is 47.2 Å². The standard InChI is InChI=1S/C49H38N10O10S2/c1-26-18-33(10-15-39(26)54-52-32-11-16-40(27(2)19-32)55-59-44-25-37-30(23-47(44)71(67,68)69)6-5-7-46(37)70(64,65)66)53-57-42-20-29(4)43(21-28(42)3)58-56-41-14-8-31-22-34(9-13-36(31)48(41)61)50-51-35-12-17-45(60)38(24-35)49(62)63/h5-25,60-61H,1-4H3,(H,62,63)(H,64,65,66)(H,67,68,69). The van der Waals surface area contributed by atoms with Gasteiger partial charge >= 0.3 is 5.97 Å². The van der Waals surface area contributed by atoms with Crippen molar-refractivity contribution in [1.29, 1.82) is 0 Å². The molecule has 0 aliphatic rings. The van der Waals surface area contributed by atoms with E-state index in [4.69, 9.17) is 0 Å². The third kappa shape index (κ3) is 11.1. The number of aryl methyl sites for hydroxylation is 4. The van der Waals surface area contributed by atoms with Crippen LogP contribution in [0.4, 0.5) is 56.9 Å². The van der Waals surface area contributed by atoms with Crippen LogP contribution in [0.3, 0.4) is 0 Å². The van der Waals surface area contributed by atoms with E-state index in [0.717, 1.165) is 34.9 Å². The molecule has 0 saturated heterocycles. The van der Waals surface area contributed by atoms with Crippen molar-refractivity contribution in [3.8, 4) is 11.5 Å². The number of hydrogen-bond acceptors (Lipinski definition) is 17. The Hall–Kier alpha value is -8.83. The average molecular weight is 991 g/mol. The molecule has 0 atom stereocenters. The van der Waals surface area contributed by atoms with Gasteiger partial charge in [0.1, 0.15) is 32.5 Å².